The molecule has 3 aromatic rings. The van der Waals surface area contributed by atoms with E-state index in [1.807, 2.05) is 68.4 Å². The highest BCUT2D eigenvalue weighted by atomic mass is 35.5. The minimum Gasteiger partial charge on any atom is -0.497 e. The van der Waals surface area contributed by atoms with Gasteiger partial charge in [0.25, 0.3) is 5.91 Å². The monoisotopic (exact) mass is 556 g/mol. The highest BCUT2D eigenvalue weighted by molar-refractivity contribution is 8.18. The van der Waals surface area contributed by atoms with E-state index in [-0.39, 0.29) is 5.91 Å². The fourth-order valence-corrected chi connectivity index (χ4v) is 5.06. The first kappa shape index (κ1) is 26.9. The molecule has 0 aliphatic carbocycles. The number of carbonyl (C=O) groups is 1. The molecular formula is C28H26Cl2N2O4S. The second-order valence-corrected chi connectivity index (χ2v) is 9.78. The second kappa shape index (κ2) is 12.4. The number of amides is 1. The lowest BCUT2D eigenvalue weighted by Gasteiger charge is -2.15. The summed E-state index contributed by atoms with van der Waals surface area (Å²) in [6.45, 7) is 5.05. The molecule has 4 rings (SSSR count). The van der Waals surface area contributed by atoms with Crippen LogP contribution in [0.15, 0.2) is 70.6 Å². The molecular weight excluding hydrogens is 531 g/mol. The second-order valence-electron chi connectivity index (χ2n) is 7.93. The Morgan fingerprint density at radius 1 is 1.00 bits per heavy atom. The molecule has 3 aromatic carbocycles. The lowest BCUT2D eigenvalue weighted by Crippen LogP contribution is -2.28. The van der Waals surface area contributed by atoms with Crippen molar-refractivity contribution < 1.29 is 19.0 Å². The Hall–Kier alpha value is -3.13. The lowest BCUT2D eigenvalue weighted by molar-refractivity contribution is -0.122. The van der Waals surface area contributed by atoms with E-state index in [1.165, 1.54) is 11.8 Å². The number of hydrogen-bond acceptors (Lipinski definition) is 6. The molecule has 0 spiro atoms. The van der Waals surface area contributed by atoms with E-state index >= 15 is 0 Å². The van der Waals surface area contributed by atoms with Crippen LogP contribution in [-0.4, -0.2) is 36.2 Å². The van der Waals surface area contributed by atoms with Crippen LogP contribution in [0.25, 0.3) is 6.08 Å². The fourth-order valence-electron chi connectivity index (χ4n) is 3.60. The number of ether oxygens (including phenoxy) is 3. The third-order valence-corrected chi connectivity index (χ3v) is 6.97. The number of thioether (sulfide) groups is 1. The van der Waals surface area contributed by atoms with Gasteiger partial charge in [-0.1, -0.05) is 35.3 Å². The predicted molar refractivity (Wildman–Crippen MR) is 151 cm³/mol. The molecule has 0 saturated carbocycles. The summed E-state index contributed by atoms with van der Waals surface area (Å²) in [6.07, 6.45) is 1.80. The third-order valence-electron chi connectivity index (χ3n) is 5.43. The van der Waals surface area contributed by atoms with Crippen LogP contribution in [0.5, 0.6) is 17.2 Å². The van der Waals surface area contributed by atoms with E-state index in [2.05, 4.69) is 4.99 Å². The van der Waals surface area contributed by atoms with E-state index in [4.69, 9.17) is 37.4 Å². The Kier molecular flexibility index (Phi) is 9.03. The molecule has 6 nitrogen and oxygen atoms in total. The molecule has 0 radical (unpaired) electrons. The summed E-state index contributed by atoms with van der Waals surface area (Å²) in [4.78, 5) is 20.0. The number of nitrogens with zero attached hydrogens (tertiary/aromatic N) is 2. The Labute approximate surface area is 230 Å². The van der Waals surface area contributed by atoms with E-state index in [1.54, 1.807) is 24.2 Å². The molecule has 1 aliphatic heterocycles. The zero-order valence-electron chi connectivity index (χ0n) is 20.7. The van der Waals surface area contributed by atoms with Gasteiger partial charge in [-0.15, -0.1) is 0 Å². The third kappa shape index (κ3) is 6.60. The van der Waals surface area contributed by atoms with Gasteiger partial charge in [0.2, 0.25) is 0 Å². The van der Waals surface area contributed by atoms with Crippen LogP contribution in [0.3, 0.4) is 0 Å². The molecule has 1 saturated heterocycles. The number of amidine groups is 1. The predicted octanol–water partition coefficient (Wildman–Crippen LogP) is 7.60. The Balaban J connectivity index is 1.59. The summed E-state index contributed by atoms with van der Waals surface area (Å²) in [5.74, 6) is 1.58. The number of benzene rings is 3. The van der Waals surface area contributed by atoms with E-state index < -0.39 is 0 Å². The number of rotatable bonds is 9. The molecule has 1 aliphatic rings. The molecule has 0 N–H and O–H groups in total. The van der Waals surface area contributed by atoms with Gasteiger partial charge in [-0.2, -0.15) is 0 Å². The average Bonchev–Trinajstić information content (AvgIpc) is 3.18. The zero-order chi connectivity index (χ0) is 26.4. The maximum absolute atomic E-state index is 13.1. The summed E-state index contributed by atoms with van der Waals surface area (Å²) in [7, 11) is 1.61. The van der Waals surface area contributed by atoms with Gasteiger partial charge in [0.1, 0.15) is 12.4 Å². The van der Waals surface area contributed by atoms with Gasteiger partial charge in [-0.05, 0) is 91.3 Å². The maximum atomic E-state index is 13.1. The van der Waals surface area contributed by atoms with Crippen LogP contribution >= 0.6 is 35.0 Å². The Bertz CT molecular complexity index is 1330. The summed E-state index contributed by atoms with van der Waals surface area (Å²) >= 11 is 13.9. The van der Waals surface area contributed by atoms with Crippen LogP contribution in [0.1, 0.15) is 25.0 Å². The molecule has 37 heavy (non-hydrogen) atoms. The molecule has 0 aromatic heterocycles. The number of hydrogen-bond donors (Lipinski definition) is 0. The van der Waals surface area contributed by atoms with E-state index in [0.29, 0.717) is 51.4 Å². The standard InChI is InChI=1S/C28H26Cl2N2O4S/c1-4-32-27(33)25(37-28(32)31-21-10-12-22(34-3)13-11-21)16-19-14-23(30)26(24(15-19)35-5-2)36-17-18-6-8-20(29)9-7-18/h6-16H,4-5,17H2,1-3H3/b25-16+,31-28?. The van der Waals surface area contributed by atoms with E-state index in [0.717, 1.165) is 22.6 Å². The van der Waals surface area contributed by atoms with Crippen molar-refractivity contribution in [3.8, 4) is 17.2 Å². The van der Waals surface area contributed by atoms with Crippen molar-refractivity contribution in [3.63, 3.8) is 0 Å². The molecule has 1 fully saturated rings. The first-order valence-electron chi connectivity index (χ1n) is 11.7. The van der Waals surface area contributed by atoms with Crippen molar-refractivity contribution in [3.05, 3.63) is 86.7 Å². The number of likely N-dealkylation sites (N-methyl/N-ethyl adjacent to an activating group) is 1. The van der Waals surface area contributed by atoms with Crippen LogP contribution in [0.4, 0.5) is 5.69 Å². The Morgan fingerprint density at radius 3 is 2.38 bits per heavy atom. The van der Waals surface area contributed by atoms with Gasteiger partial charge in [-0.3, -0.25) is 9.69 Å². The van der Waals surface area contributed by atoms with E-state index in [9.17, 15) is 4.79 Å². The molecule has 0 bridgehead atoms. The normalized spacial score (nSPS) is 15.5. The van der Waals surface area contributed by atoms with Gasteiger partial charge in [0.15, 0.2) is 16.7 Å². The van der Waals surface area contributed by atoms with Crippen LogP contribution in [0, 0.1) is 0 Å². The lowest BCUT2D eigenvalue weighted by atomic mass is 10.1. The Morgan fingerprint density at radius 2 is 1.73 bits per heavy atom. The van der Waals surface area contributed by atoms with Crippen molar-refractivity contribution in [2.24, 2.45) is 4.99 Å². The highest BCUT2D eigenvalue weighted by Crippen LogP contribution is 2.40. The largest absolute Gasteiger partial charge is 0.497 e. The van der Waals surface area contributed by atoms with Crippen molar-refractivity contribution >= 4 is 57.8 Å². The summed E-state index contributed by atoms with van der Waals surface area (Å²) in [5.41, 5.74) is 2.41. The molecule has 0 atom stereocenters. The number of halogens is 2. The topological polar surface area (TPSA) is 60.4 Å². The summed E-state index contributed by atoms with van der Waals surface area (Å²) in [5, 5.41) is 1.66. The number of aliphatic imine (C=N–C) groups is 1. The van der Waals surface area contributed by atoms with Gasteiger partial charge in [-0.25, -0.2) is 4.99 Å². The van der Waals surface area contributed by atoms with Gasteiger partial charge >= 0.3 is 0 Å². The summed E-state index contributed by atoms with van der Waals surface area (Å²) in [6, 6.07) is 18.4. The number of methoxy groups -OCH3 is 1. The van der Waals surface area contributed by atoms with Crippen molar-refractivity contribution in [2.45, 2.75) is 20.5 Å². The van der Waals surface area contributed by atoms with Crippen molar-refractivity contribution in [1.29, 1.82) is 0 Å². The smallest absolute Gasteiger partial charge is 0.266 e. The number of carbonyl (C=O) groups excluding carboxylic acids is 1. The van der Waals surface area contributed by atoms with Crippen LogP contribution in [0.2, 0.25) is 10.0 Å². The van der Waals surface area contributed by atoms with Gasteiger partial charge < -0.3 is 14.2 Å². The van der Waals surface area contributed by atoms with Crippen LogP contribution < -0.4 is 14.2 Å². The quantitative estimate of drug-likeness (QED) is 0.254. The molecule has 1 heterocycles. The van der Waals surface area contributed by atoms with Crippen molar-refractivity contribution in [2.75, 3.05) is 20.3 Å². The highest BCUT2D eigenvalue weighted by Gasteiger charge is 2.32. The van der Waals surface area contributed by atoms with Gasteiger partial charge in [0.05, 0.1) is 29.3 Å². The summed E-state index contributed by atoms with van der Waals surface area (Å²) < 4.78 is 17.0. The van der Waals surface area contributed by atoms with Crippen molar-refractivity contribution in [1.82, 2.24) is 4.90 Å². The van der Waals surface area contributed by atoms with Crippen LogP contribution in [-0.2, 0) is 11.4 Å². The minimum absolute atomic E-state index is 0.114. The first-order valence-corrected chi connectivity index (χ1v) is 13.3. The molecule has 0 unspecified atom stereocenters. The minimum atomic E-state index is -0.114. The molecule has 9 heteroatoms. The fraction of sp³-hybridized carbons (Fsp3) is 0.214. The zero-order valence-corrected chi connectivity index (χ0v) is 23.0. The molecule has 192 valence electrons. The van der Waals surface area contributed by atoms with Gasteiger partial charge in [0, 0.05) is 11.6 Å². The first-order chi connectivity index (χ1) is 17.9. The molecule has 1 amide bonds. The maximum Gasteiger partial charge on any atom is 0.266 e. The SMILES string of the molecule is CCOc1cc(/C=C2/SC(=Nc3ccc(OC)cc3)N(CC)C2=O)cc(Cl)c1OCc1ccc(Cl)cc1. The average molecular weight is 557 g/mol.